The minimum absolute atomic E-state index is 0.0254. The Bertz CT molecular complexity index is 1110. The Kier molecular flexibility index (Phi) is 8.98. The standard InChI is InChI=1S/C23H28N2O7S/c1-5-33(29,30)32-22-14-19(8-12-21(22)31-4)16-24(15-17(2)3)23(26)13-9-18-6-10-20(11-7-18)25(27)28/h6-14,17H,5,15-16H2,1-4H3/b13-9+. The fourth-order valence-electron chi connectivity index (χ4n) is 2.95. The number of methoxy groups -OCH3 is 1. The molecule has 0 saturated heterocycles. The van der Waals surface area contributed by atoms with E-state index in [2.05, 4.69) is 0 Å². The summed E-state index contributed by atoms with van der Waals surface area (Å²) in [6, 6.07) is 10.8. The molecule has 178 valence electrons. The van der Waals surface area contributed by atoms with Gasteiger partial charge in [-0.15, -0.1) is 0 Å². The van der Waals surface area contributed by atoms with E-state index in [0.717, 1.165) is 0 Å². The predicted molar refractivity (Wildman–Crippen MR) is 125 cm³/mol. The van der Waals surface area contributed by atoms with Crippen LogP contribution in [0.3, 0.4) is 0 Å². The van der Waals surface area contributed by atoms with Crippen molar-refractivity contribution in [1.82, 2.24) is 4.90 Å². The number of benzene rings is 2. The monoisotopic (exact) mass is 476 g/mol. The molecule has 0 N–H and O–H groups in total. The highest BCUT2D eigenvalue weighted by Crippen LogP contribution is 2.30. The molecule has 2 rings (SSSR count). The van der Waals surface area contributed by atoms with Crippen molar-refractivity contribution in [3.8, 4) is 11.5 Å². The van der Waals surface area contributed by atoms with Crippen molar-refractivity contribution in [2.75, 3.05) is 19.4 Å². The molecule has 33 heavy (non-hydrogen) atoms. The van der Waals surface area contributed by atoms with E-state index in [1.54, 1.807) is 41.3 Å². The second kappa shape index (κ2) is 11.5. The zero-order valence-corrected chi connectivity index (χ0v) is 19.9. The first kappa shape index (κ1) is 25.9. The van der Waals surface area contributed by atoms with E-state index in [1.165, 1.54) is 32.2 Å². The molecule has 1 amide bonds. The summed E-state index contributed by atoms with van der Waals surface area (Å²) in [6.07, 6.45) is 3.00. The summed E-state index contributed by atoms with van der Waals surface area (Å²) in [6.45, 7) is 6.15. The van der Waals surface area contributed by atoms with Crippen molar-refractivity contribution in [2.24, 2.45) is 5.92 Å². The average molecular weight is 477 g/mol. The zero-order valence-electron chi connectivity index (χ0n) is 19.1. The summed E-state index contributed by atoms with van der Waals surface area (Å²) in [5.74, 6) is 0.0923. The third-order valence-corrected chi connectivity index (χ3v) is 5.73. The molecule has 10 heteroatoms. The van der Waals surface area contributed by atoms with Crippen molar-refractivity contribution in [1.29, 1.82) is 0 Å². The normalized spacial score (nSPS) is 11.5. The number of hydrogen-bond donors (Lipinski definition) is 0. The molecule has 0 atom stereocenters. The third kappa shape index (κ3) is 7.90. The molecule has 0 spiro atoms. The minimum Gasteiger partial charge on any atom is -0.493 e. The first-order chi connectivity index (χ1) is 15.5. The summed E-state index contributed by atoms with van der Waals surface area (Å²) < 4.78 is 34.2. The number of non-ortho nitro benzene ring substituents is 1. The van der Waals surface area contributed by atoms with Gasteiger partial charge in [-0.2, -0.15) is 8.42 Å². The number of rotatable bonds is 11. The number of hydrogen-bond acceptors (Lipinski definition) is 7. The van der Waals surface area contributed by atoms with E-state index in [9.17, 15) is 23.3 Å². The van der Waals surface area contributed by atoms with E-state index in [-0.39, 0.29) is 41.3 Å². The Hall–Kier alpha value is -3.40. The van der Waals surface area contributed by atoms with Crippen molar-refractivity contribution in [2.45, 2.75) is 27.3 Å². The number of nitro groups is 1. The van der Waals surface area contributed by atoms with Gasteiger partial charge in [-0.1, -0.05) is 19.9 Å². The largest absolute Gasteiger partial charge is 0.493 e. The van der Waals surface area contributed by atoms with Gasteiger partial charge in [-0.05, 0) is 54.3 Å². The number of nitrogens with zero attached hydrogens (tertiary/aromatic N) is 2. The Morgan fingerprint density at radius 1 is 1.15 bits per heavy atom. The second-order valence-corrected chi connectivity index (χ2v) is 9.57. The van der Waals surface area contributed by atoms with Crippen LogP contribution in [0.2, 0.25) is 0 Å². The maximum atomic E-state index is 12.9. The van der Waals surface area contributed by atoms with Crippen molar-refractivity contribution in [3.63, 3.8) is 0 Å². The molecule has 0 aromatic heterocycles. The predicted octanol–water partition coefficient (Wildman–Crippen LogP) is 4.03. The van der Waals surface area contributed by atoms with Crippen molar-refractivity contribution < 1.29 is 27.1 Å². The van der Waals surface area contributed by atoms with Crippen LogP contribution in [0.5, 0.6) is 11.5 Å². The molecular formula is C23H28N2O7S. The lowest BCUT2D eigenvalue weighted by Gasteiger charge is -2.24. The molecule has 0 unspecified atom stereocenters. The summed E-state index contributed by atoms with van der Waals surface area (Å²) >= 11 is 0. The van der Waals surface area contributed by atoms with Gasteiger partial charge in [0.2, 0.25) is 5.91 Å². The van der Waals surface area contributed by atoms with Gasteiger partial charge in [-0.3, -0.25) is 14.9 Å². The summed E-state index contributed by atoms with van der Waals surface area (Å²) in [5.41, 5.74) is 1.31. The van der Waals surface area contributed by atoms with Crippen molar-refractivity contribution >= 4 is 27.8 Å². The topological polar surface area (TPSA) is 116 Å². The zero-order chi connectivity index (χ0) is 24.6. The lowest BCUT2D eigenvalue weighted by atomic mass is 10.1. The van der Waals surface area contributed by atoms with Gasteiger partial charge in [0.1, 0.15) is 0 Å². The highest BCUT2D eigenvalue weighted by molar-refractivity contribution is 7.87. The summed E-state index contributed by atoms with van der Waals surface area (Å²) in [5, 5.41) is 10.8. The highest BCUT2D eigenvalue weighted by atomic mass is 32.2. The van der Waals surface area contributed by atoms with Gasteiger partial charge >= 0.3 is 10.1 Å². The minimum atomic E-state index is -3.75. The second-order valence-electron chi connectivity index (χ2n) is 7.71. The Morgan fingerprint density at radius 3 is 2.36 bits per heavy atom. The van der Waals surface area contributed by atoms with Crippen molar-refractivity contribution in [3.05, 3.63) is 69.8 Å². The molecule has 0 saturated carbocycles. The van der Waals surface area contributed by atoms with Crippen LogP contribution < -0.4 is 8.92 Å². The quantitative estimate of drug-likeness (QED) is 0.208. The molecule has 2 aromatic carbocycles. The molecule has 0 aliphatic carbocycles. The van der Waals surface area contributed by atoms with Crippen LogP contribution in [-0.2, 0) is 21.5 Å². The van der Waals surface area contributed by atoms with Crippen LogP contribution in [0.25, 0.3) is 6.08 Å². The van der Waals surface area contributed by atoms with E-state index < -0.39 is 15.0 Å². The van der Waals surface area contributed by atoms with Gasteiger partial charge in [0.15, 0.2) is 11.5 Å². The van der Waals surface area contributed by atoms with Crippen LogP contribution in [-0.4, -0.2) is 43.6 Å². The maximum absolute atomic E-state index is 12.9. The molecule has 0 heterocycles. The average Bonchev–Trinajstić information content (AvgIpc) is 2.77. The van der Waals surface area contributed by atoms with Gasteiger partial charge in [0, 0.05) is 31.3 Å². The Labute approximate surface area is 193 Å². The molecule has 0 aliphatic rings. The van der Waals surface area contributed by atoms with Crippen LogP contribution in [0.4, 0.5) is 5.69 Å². The van der Waals surface area contributed by atoms with Crippen LogP contribution in [0.15, 0.2) is 48.5 Å². The fourth-order valence-corrected chi connectivity index (χ4v) is 3.48. The van der Waals surface area contributed by atoms with Gasteiger partial charge < -0.3 is 13.8 Å². The van der Waals surface area contributed by atoms with Gasteiger partial charge in [-0.25, -0.2) is 0 Å². The van der Waals surface area contributed by atoms with Gasteiger partial charge in [0.25, 0.3) is 5.69 Å². The summed E-state index contributed by atoms with van der Waals surface area (Å²) in [7, 11) is -2.33. The fraction of sp³-hybridized carbons (Fsp3) is 0.348. The smallest absolute Gasteiger partial charge is 0.309 e. The summed E-state index contributed by atoms with van der Waals surface area (Å²) in [4.78, 5) is 24.8. The van der Waals surface area contributed by atoms with E-state index in [4.69, 9.17) is 8.92 Å². The van der Waals surface area contributed by atoms with E-state index in [0.29, 0.717) is 17.7 Å². The Morgan fingerprint density at radius 2 is 1.82 bits per heavy atom. The number of nitro benzene ring substituents is 1. The molecule has 0 radical (unpaired) electrons. The first-order valence-electron chi connectivity index (χ1n) is 10.3. The first-order valence-corrected chi connectivity index (χ1v) is 11.9. The molecule has 0 aliphatic heterocycles. The molecule has 0 fully saturated rings. The SMILES string of the molecule is CCS(=O)(=O)Oc1cc(CN(CC(C)C)C(=O)/C=C/c2ccc([N+](=O)[O-])cc2)ccc1OC. The number of ether oxygens (including phenoxy) is 1. The van der Waals surface area contributed by atoms with Gasteiger partial charge in [0.05, 0.1) is 17.8 Å². The number of carbonyl (C=O) groups excluding carboxylic acids is 1. The highest BCUT2D eigenvalue weighted by Gasteiger charge is 2.18. The van der Waals surface area contributed by atoms with E-state index in [1.807, 2.05) is 13.8 Å². The molecule has 9 nitrogen and oxygen atoms in total. The maximum Gasteiger partial charge on any atom is 0.309 e. The van der Waals surface area contributed by atoms with Crippen LogP contribution in [0.1, 0.15) is 31.9 Å². The molecule has 0 bridgehead atoms. The molecule has 2 aromatic rings. The Balaban J connectivity index is 2.24. The lowest BCUT2D eigenvalue weighted by Crippen LogP contribution is -2.32. The van der Waals surface area contributed by atoms with Crippen LogP contribution >= 0.6 is 0 Å². The van der Waals surface area contributed by atoms with Crippen LogP contribution in [0, 0.1) is 16.0 Å². The number of amides is 1. The number of carbonyl (C=O) groups is 1. The third-order valence-electron chi connectivity index (χ3n) is 4.59. The van der Waals surface area contributed by atoms with E-state index >= 15 is 0 Å². The molecular weight excluding hydrogens is 448 g/mol. The lowest BCUT2D eigenvalue weighted by molar-refractivity contribution is -0.384.